The number of nitrogens with zero attached hydrogens (tertiary/aromatic N) is 2. The van der Waals surface area contributed by atoms with E-state index in [2.05, 4.69) is 12.0 Å². The molecule has 21 heavy (non-hydrogen) atoms. The summed E-state index contributed by atoms with van der Waals surface area (Å²) in [5.41, 5.74) is 2.92. The third-order valence-electron chi connectivity index (χ3n) is 3.38. The van der Waals surface area contributed by atoms with Gasteiger partial charge in [-0.2, -0.15) is 5.10 Å². The zero-order valence-electron chi connectivity index (χ0n) is 12.4. The normalized spacial score (nSPS) is 10.8. The smallest absolute Gasteiger partial charge is 0.272 e. The van der Waals surface area contributed by atoms with Crippen LogP contribution in [0.3, 0.4) is 0 Å². The zero-order chi connectivity index (χ0) is 15.2. The topological polar surface area (TPSA) is 64.3 Å². The van der Waals surface area contributed by atoms with Gasteiger partial charge in [0.25, 0.3) is 5.56 Å². The second-order valence-corrected chi connectivity index (χ2v) is 4.78. The third-order valence-corrected chi connectivity index (χ3v) is 3.38. The maximum Gasteiger partial charge on any atom is 0.272 e. The van der Waals surface area contributed by atoms with E-state index in [9.17, 15) is 9.90 Å². The minimum atomic E-state index is -0.297. The summed E-state index contributed by atoms with van der Waals surface area (Å²) in [5, 5.41) is 13.7. The predicted octanol–water partition coefficient (Wildman–Crippen LogP) is 1.61. The molecular formula is C16H20N2O3. The lowest BCUT2D eigenvalue weighted by Crippen LogP contribution is -2.28. The van der Waals surface area contributed by atoms with Crippen LogP contribution in [0.1, 0.15) is 18.1 Å². The molecule has 0 bridgehead atoms. The molecule has 1 heterocycles. The molecule has 0 unspecified atom stereocenters. The number of ether oxygens (including phenoxy) is 1. The molecule has 1 aromatic carbocycles. The van der Waals surface area contributed by atoms with Crippen molar-refractivity contribution in [3.8, 4) is 11.3 Å². The van der Waals surface area contributed by atoms with Gasteiger partial charge >= 0.3 is 0 Å². The van der Waals surface area contributed by atoms with Crippen LogP contribution in [0.4, 0.5) is 0 Å². The van der Waals surface area contributed by atoms with Crippen molar-refractivity contribution in [1.82, 2.24) is 9.78 Å². The van der Waals surface area contributed by atoms with Gasteiger partial charge in [0.05, 0.1) is 25.5 Å². The van der Waals surface area contributed by atoms with Crippen molar-refractivity contribution in [3.05, 3.63) is 51.8 Å². The van der Waals surface area contributed by atoms with Crippen molar-refractivity contribution in [2.75, 3.05) is 13.7 Å². The van der Waals surface area contributed by atoms with E-state index in [1.54, 1.807) is 13.2 Å². The lowest BCUT2D eigenvalue weighted by molar-refractivity contribution is 0.181. The SMILES string of the molecule is CCc1ccc(-c2cc(CO)c(=O)n(CCOC)n2)cc1. The number of benzene rings is 1. The molecule has 0 aliphatic heterocycles. The van der Waals surface area contributed by atoms with E-state index in [4.69, 9.17) is 4.74 Å². The molecule has 0 amide bonds. The first-order valence-corrected chi connectivity index (χ1v) is 6.99. The summed E-state index contributed by atoms with van der Waals surface area (Å²) in [5.74, 6) is 0. The number of aliphatic hydroxyl groups is 1. The van der Waals surface area contributed by atoms with E-state index in [0.717, 1.165) is 12.0 Å². The minimum absolute atomic E-state index is 0.275. The molecule has 0 saturated carbocycles. The van der Waals surface area contributed by atoms with Crippen LogP contribution in [0.25, 0.3) is 11.3 Å². The van der Waals surface area contributed by atoms with Crippen molar-refractivity contribution < 1.29 is 9.84 Å². The van der Waals surface area contributed by atoms with Gasteiger partial charge < -0.3 is 9.84 Å². The first-order chi connectivity index (χ1) is 10.2. The molecule has 0 atom stereocenters. The largest absolute Gasteiger partial charge is 0.391 e. The summed E-state index contributed by atoms with van der Waals surface area (Å²) in [7, 11) is 1.57. The zero-order valence-corrected chi connectivity index (χ0v) is 12.4. The molecule has 2 rings (SSSR count). The Balaban J connectivity index is 2.44. The van der Waals surface area contributed by atoms with E-state index in [0.29, 0.717) is 24.4 Å². The Morgan fingerprint density at radius 3 is 2.57 bits per heavy atom. The molecule has 1 aromatic heterocycles. The number of aliphatic hydroxyl groups excluding tert-OH is 1. The molecule has 5 heteroatoms. The summed E-state index contributed by atoms with van der Waals surface area (Å²) in [6.45, 7) is 2.57. The van der Waals surface area contributed by atoms with Crippen molar-refractivity contribution in [1.29, 1.82) is 0 Å². The number of hydrogen-bond acceptors (Lipinski definition) is 4. The van der Waals surface area contributed by atoms with E-state index < -0.39 is 0 Å². The van der Waals surface area contributed by atoms with Crippen LogP contribution in [0.15, 0.2) is 35.1 Å². The highest BCUT2D eigenvalue weighted by Gasteiger charge is 2.09. The van der Waals surface area contributed by atoms with Crippen molar-refractivity contribution in [2.24, 2.45) is 0 Å². The molecule has 112 valence electrons. The summed E-state index contributed by atoms with van der Waals surface area (Å²) >= 11 is 0. The number of hydrogen-bond donors (Lipinski definition) is 1. The van der Waals surface area contributed by atoms with Crippen LogP contribution in [0, 0.1) is 0 Å². The number of aromatic nitrogens is 2. The van der Waals surface area contributed by atoms with Crippen LogP contribution in [-0.4, -0.2) is 28.6 Å². The second kappa shape index (κ2) is 7.15. The van der Waals surface area contributed by atoms with Crippen molar-refractivity contribution >= 4 is 0 Å². The molecule has 5 nitrogen and oxygen atoms in total. The van der Waals surface area contributed by atoms with Gasteiger partial charge in [0.15, 0.2) is 0 Å². The van der Waals surface area contributed by atoms with Crippen LogP contribution < -0.4 is 5.56 Å². The highest BCUT2D eigenvalue weighted by molar-refractivity contribution is 5.59. The first kappa shape index (κ1) is 15.4. The summed E-state index contributed by atoms with van der Waals surface area (Å²) < 4.78 is 6.33. The number of aryl methyl sites for hydroxylation is 1. The molecule has 0 spiro atoms. The molecular weight excluding hydrogens is 268 g/mol. The molecule has 0 aliphatic carbocycles. The average molecular weight is 288 g/mol. The van der Waals surface area contributed by atoms with Gasteiger partial charge in [-0.15, -0.1) is 0 Å². The highest BCUT2D eigenvalue weighted by Crippen LogP contribution is 2.17. The van der Waals surface area contributed by atoms with Gasteiger partial charge in [0, 0.05) is 18.2 Å². The fourth-order valence-corrected chi connectivity index (χ4v) is 2.09. The number of methoxy groups -OCH3 is 1. The fraction of sp³-hybridized carbons (Fsp3) is 0.375. The molecule has 0 radical (unpaired) electrons. The van der Waals surface area contributed by atoms with Gasteiger partial charge in [-0.25, -0.2) is 4.68 Å². The monoisotopic (exact) mass is 288 g/mol. The van der Waals surface area contributed by atoms with Gasteiger partial charge in [-0.05, 0) is 18.1 Å². The quantitative estimate of drug-likeness (QED) is 0.877. The highest BCUT2D eigenvalue weighted by atomic mass is 16.5. The Hall–Kier alpha value is -1.98. The van der Waals surface area contributed by atoms with E-state index in [-0.39, 0.29) is 12.2 Å². The lowest BCUT2D eigenvalue weighted by Gasteiger charge is -2.10. The summed E-state index contributed by atoms with van der Waals surface area (Å²) in [6.07, 6.45) is 0.975. The Morgan fingerprint density at radius 1 is 1.29 bits per heavy atom. The maximum atomic E-state index is 12.1. The average Bonchev–Trinajstić information content (AvgIpc) is 2.54. The minimum Gasteiger partial charge on any atom is -0.391 e. The third kappa shape index (κ3) is 3.56. The van der Waals surface area contributed by atoms with Crippen LogP contribution >= 0.6 is 0 Å². The van der Waals surface area contributed by atoms with Gasteiger partial charge in [-0.1, -0.05) is 31.2 Å². The Labute approximate surface area is 123 Å². The Kier molecular flexibility index (Phi) is 5.25. The lowest BCUT2D eigenvalue weighted by atomic mass is 10.1. The van der Waals surface area contributed by atoms with Crippen molar-refractivity contribution in [2.45, 2.75) is 26.5 Å². The summed E-state index contributed by atoms with van der Waals surface area (Å²) in [4.78, 5) is 12.1. The molecule has 0 fully saturated rings. The van der Waals surface area contributed by atoms with E-state index in [1.165, 1.54) is 10.2 Å². The summed E-state index contributed by atoms with van der Waals surface area (Å²) in [6, 6.07) is 9.69. The van der Waals surface area contributed by atoms with E-state index in [1.807, 2.05) is 24.3 Å². The maximum absolute atomic E-state index is 12.1. The van der Waals surface area contributed by atoms with Crippen LogP contribution in [0.2, 0.25) is 0 Å². The van der Waals surface area contributed by atoms with Gasteiger partial charge in [-0.3, -0.25) is 4.79 Å². The standard InChI is InChI=1S/C16H20N2O3/c1-3-12-4-6-13(7-5-12)15-10-14(11-19)16(20)18(17-15)8-9-21-2/h4-7,10,19H,3,8-9,11H2,1-2H3. The fourth-order valence-electron chi connectivity index (χ4n) is 2.09. The van der Waals surface area contributed by atoms with E-state index >= 15 is 0 Å². The van der Waals surface area contributed by atoms with Crippen LogP contribution in [0.5, 0.6) is 0 Å². The first-order valence-electron chi connectivity index (χ1n) is 6.99. The Morgan fingerprint density at radius 2 is 2.00 bits per heavy atom. The van der Waals surface area contributed by atoms with Crippen molar-refractivity contribution in [3.63, 3.8) is 0 Å². The van der Waals surface area contributed by atoms with Gasteiger partial charge in [0.1, 0.15) is 0 Å². The molecule has 1 N–H and O–H groups in total. The molecule has 0 aliphatic rings. The molecule has 0 saturated heterocycles. The second-order valence-electron chi connectivity index (χ2n) is 4.78. The van der Waals surface area contributed by atoms with Crippen LogP contribution in [-0.2, 0) is 24.3 Å². The Bertz CT molecular complexity index is 648. The van der Waals surface area contributed by atoms with Gasteiger partial charge in [0.2, 0.25) is 0 Å². The molecule has 2 aromatic rings. The predicted molar refractivity (Wildman–Crippen MR) is 81.1 cm³/mol. The number of rotatable bonds is 6.